The van der Waals surface area contributed by atoms with Crippen molar-refractivity contribution in [2.45, 2.75) is 244 Å². The minimum atomic E-state index is 0. The van der Waals surface area contributed by atoms with E-state index in [9.17, 15) is 0 Å². The maximum Gasteiger partial charge on any atom is -0.00134 e. The summed E-state index contributed by atoms with van der Waals surface area (Å²) in [5, 5.41) is 0. The standard InChI is InChI=1S/C17H26.C14H12.C13H18.C13H16.C11H22.C11H16.CH4/c1-13-5-7-14(8-6-13)15-9-11-16(12-10-15)17(2,3)4;1-10-6-7-14-12(8-10)9-11-4-2-3-5-13(11)14;2*1-11-7-9-13(10-8-11)12-5-3-2-4-6-12;2*1-9-5-7-10(8-6-9)11(2,3)4;/h5-8,15-16H,9-12H2,1-4H3;2-8H,9H2,1H3;7-10,12H,2-6H2,1H3;5,7-10H,2-4,6H2,1H3;9-10H,5-8H2,1-4H3;5-8H,1-4H3;1H4. The fraction of sp³-hybridized carbons (Fsp3) is 0.525. The Labute approximate surface area is 493 Å². The van der Waals surface area contributed by atoms with Crippen molar-refractivity contribution in [3.63, 3.8) is 0 Å². The van der Waals surface area contributed by atoms with E-state index in [1.54, 1.807) is 16.7 Å². The van der Waals surface area contributed by atoms with Gasteiger partial charge in [-0.2, -0.15) is 0 Å². The van der Waals surface area contributed by atoms with Crippen LogP contribution in [0.2, 0.25) is 0 Å². The Kier molecular flexibility index (Phi) is 25.9. The van der Waals surface area contributed by atoms with Crippen LogP contribution in [0.15, 0.2) is 146 Å². The normalized spacial score (nSPS) is 19.7. The summed E-state index contributed by atoms with van der Waals surface area (Å²) in [6.07, 6.45) is 27.3. The van der Waals surface area contributed by atoms with E-state index < -0.39 is 0 Å². The predicted octanol–water partition coefficient (Wildman–Crippen LogP) is 24.7. The number of fused-ring (bicyclic) bond motifs is 3. The summed E-state index contributed by atoms with van der Waals surface area (Å²) in [6.45, 7) is 34.2. The molecule has 5 aliphatic carbocycles. The lowest BCUT2D eigenvalue weighted by Gasteiger charge is -2.37. The Hall–Kier alpha value is -4.94. The summed E-state index contributed by atoms with van der Waals surface area (Å²) in [5.74, 6) is 4.57. The van der Waals surface area contributed by atoms with E-state index >= 15 is 0 Å². The molecule has 0 N–H and O–H groups in total. The maximum atomic E-state index is 2.40. The number of hydrogen-bond donors (Lipinski definition) is 0. The summed E-state index contributed by atoms with van der Waals surface area (Å²) in [6, 6.07) is 51.3. The molecule has 0 atom stereocenters. The lowest BCUT2D eigenvalue weighted by atomic mass is 9.69. The third-order valence-electron chi connectivity index (χ3n) is 18.5. The zero-order chi connectivity index (χ0) is 57.2. The van der Waals surface area contributed by atoms with Crippen LogP contribution < -0.4 is 0 Å². The zero-order valence-corrected chi connectivity index (χ0v) is 53.0. The zero-order valence-electron chi connectivity index (χ0n) is 53.0. The van der Waals surface area contributed by atoms with E-state index in [-0.39, 0.29) is 12.8 Å². The number of aryl methyl sites for hydroxylation is 5. The SMILES string of the molecule is C.CC1CCC(C(C)(C)C)CC1.Cc1ccc(C(C)(C)C)cc1.Cc1ccc(C2=CCCCC2)cc1.Cc1ccc(C2CCC(C(C)(C)C)CC2)cc1.Cc1ccc(C2CCCCC2)cc1.Cc1ccc2c(c1)Cc1ccccc1-2. The number of hydrogen-bond acceptors (Lipinski definition) is 0. The molecule has 0 saturated heterocycles. The van der Waals surface area contributed by atoms with Crippen molar-refractivity contribution in [3.05, 3.63) is 207 Å². The monoisotopic (exact) mass is 1070 g/mol. The van der Waals surface area contributed by atoms with Crippen molar-refractivity contribution < 1.29 is 0 Å². The molecule has 5 aliphatic rings. The molecular formula is C80H114. The van der Waals surface area contributed by atoms with Crippen LogP contribution in [0.25, 0.3) is 16.7 Å². The first-order valence-electron chi connectivity index (χ1n) is 31.7. The summed E-state index contributed by atoms with van der Waals surface area (Å²) in [5.41, 5.74) is 21.4. The minimum absolute atomic E-state index is 0. The van der Waals surface area contributed by atoms with Gasteiger partial charge in [0.15, 0.2) is 0 Å². The van der Waals surface area contributed by atoms with Crippen LogP contribution in [0, 0.1) is 63.2 Å². The van der Waals surface area contributed by atoms with Crippen molar-refractivity contribution in [2.75, 3.05) is 0 Å². The van der Waals surface area contributed by atoms with Gasteiger partial charge in [0.1, 0.15) is 0 Å². The van der Waals surface area contributed by atoms with Gasteiger partial charge in [0.25, 0.3) is 0 Å². The quantitative estimate of drug-likeness (QED) is 0.165. The van der Waals surface area contributed by atoms with Gasteiger partial charge in [-0.15, -0.1) is 0 Å². The topological polar surface area (TPSA) is 0 Å². The molecule has 3 saturated carbocycles. The van der Waals surface area contributed by atoms with Crippen LogP contribution in [0.5, 0.6) is 0 Å². The maximum absolute atomic E-state index is 2.40. The van der Waals surface area contributed by atoms with E-state index in [1.165, 1.54) is 170 Å². The molecule has 0 heteroatoms. The average Bonchev–Trinajstić information content (AvgIpc) is 3.80. The van der Waals surface area contributed by atoms with Gasteiger partial charge in [-0.05, 0) is 214 Å². The van der Waals surface area contributed by atoms with Crippen LogP contribution in [-0.4, -0.2) is 0 Å². The first kappa shape index (κ1) is 65.9. The third-order valence-corrected chi connectivity index (χ3v) is 18.5. The van der Waals surface area contributed by atoms with Gasteiger partial charge in [-0.3, -0.25) is 0 Å². The Morgan fingerprint density at radius 3 is 1.30 bits per heavy atom. The lowest BCUT2D eigenvalue weighted by molar-refractivity contribution is 0.155. The Bertz CT molecular complexity index is 2700. The fourth-order valence-electron chi connectivity index (χ4n) is 12.7. The largest absolute Gasteiger partial charge is 0.0807 e. The van der Waals surface area contributed by atoms with Gasteiger partial charge in [0.05, 0.1) is 0 Å². The summed E-state index contributed by atoms with van der Waals surface area (Å²) < 4.78 is 0. The average molecular weight is 1080 g/mol. The van der Waals surface area contributed by atoms with E-state index in [2.05, 4.69) is 249 Å². The second-order valence-electron chi connectivity index (χ2n) is 28.3. The minimum Gasteiger partial charge on any atom is -0.0807 e. The molecule has 11 rings (SSSR count). The summed E-state index contributed by atoms with van der Waals surface area (Å²) in [4.78, 5) is 0. The predicted molar refractivity (Wildman–Crippen MR) is 357 cm³/mol. The van der Waals surface area contributed by atoms with Gasteiger partial charge in [0.2, 0.25) is 0 Å². The summed E-state index contributed by atoms with van der Waals surface area (Å²) in [7, 11) is 0. The number of allylic oxidation sites excluding steroid dienone is 2. The highest BCUT2D eigenvalue weighted by atomic mass is 14.4. The van der Waals surface area contributed by atoms with Crippen LogP contribution in [0.1, 0.15) is 259 Å². The van der Waals surface area contributed by atoms with Crippen molar-refractivity contribution in [1.82, 2.24) is 0 Å². The molecule has 0 heterocycles. The van der Waals surface area contributed by atoms with Gasteiger partial charge in [0, 0.05) is 0 Å². The molecule has 0 nitrogen and oxygen atoms in total. The Balaban J connectivity index is 0.000000177. The van der Waals surface area contributed by atoms with Crippen molar-refractivity contribution in [1.29, 1.82) is 0 Å². The molecule has 6 aromatic carbocycles. The van der Waals surface area contributed by atoms with Crippen molar-refractivity contribution in [3.8, 4) is 11.1 Å². The Morgan fingerprint density at radius 1 is 0.388 bits per heavy atom. The first-order valence-corrected chi connectivity index (χ1v) is 31.7. The highest BCUT2D eigenvalue weighted by Crippen LogP contribution is 2.44. The highest BCUT2D eigenvalue weighted by Gasteiger charge is 2.30. The second kappa shape index (κ2) is 31.5. The molecule has 0 spiro atoms. The van der Waals surface area contributed by atoms with Gasteiger partial charge < -0.3 is 0 Å². The van der Waals surface area contributed by atoms with E-state index in [0.29, 0.717) is 10.8 Å². The van der Waals surface area contributed by atoms with Crippen LogP contribution in [-0.2, 0) is 11.8 Å². The molecule has 434 valence electrons. The molecule has 0 amide bonds. The third kappa shape index (κ3) is 21.4. The molecule has 0 unspecified atom stereocenters. The smallest absolute Gasteiger partial charge is 0.00134 e. The molecule has 0 radical (unpaired) electrons. The summed E-state index contributed by atoms with van der Waals surface area (Å²) >= 11 is 0. The molecule has 80 heavy (non-hydrogen) atoms. The van der Waals surface area contributed by atoms with Gasteiger partial charge in [-0.25, -0.2) is 0 Å². The van der Waals surface area contributed by atoms with Crippen LogP contribution >= 0.6 is 0 Å². The molecule has 0 bridgehead atoms. The molecule has 0 aliphatic heterocycles. The van der Waals surface area contributed by atoms with Crippen molar-refractivity contribution >= 4 is 5.57 Å². The first-order chi connectivity index (χ1) is 37.5. The highest BCUT2D eigenvalue weighted by molar-refractivity contribution is 5.76. The van der Waals surface area contributed by atoms with E-state index in [4.69, 9.17) is 0 Å². The molecule has 0 aromatic heterocycles. The van der Waals surface area contributed by atoms with E-state index in [0.717, 1.165) is 36.0 Å². The molecule has 3 fully saturated rings. The fourth-order valence-corrected chi connectivity index (χ4v) is 12.7. The van der Waals surface area contributed by atoms with Crippen LogP contribution in [0.3, 0.4) is 0 Å². The second-order valence-corrected chi connectivity index (χ2v) is 28.3. The van der Waals surface area contributed by atoms with Gasteiger partial charge >= 0.3 is 0 Å². The Morgan fingerprint density at radius 2 is 0.825 bits per heavy atom. The molecular weight excluding hydrogens is 961 g/mol. The lowest BCUT2D eigenvalue weighted by Crippen LogP contribution is -2.25. The van der Waals surface area contributed by atoms with E-state index in [1.807, 2.05) is 0 Å². The van der Waals surface area contributed by atoms with Crippen molar-refractivity contribution in [2.24, 2.45) is 28.6 Å². The number of rotatable bonds is 3. The number of benzene rings is 6. The molecule has 6 aromatic rings. The van der Waals surface area contributed by atoms with Gasteiger partial charge in [-0.1, -0.05) is 282 Å². The van der Waals surface area contributed by atoms with Crippen LogP contribution in [0.4, 0.5) is 0 Å².